The van der Waals surface area contributed by atoms with Gasteiger partial charge in [-0.25, -0.2) is 4.39 Å². The van der Waals surface area contributed by atoms with Gasteiger partial charge in [-0.3, -0.25) is 9.98 Å². The van der Waals surface area contributed by atoms with Crippen LogP contribution in [0.25, 0.3) is 0 Å². The molecule has 4 nitrogen and oxygen atoms in total. The van der Waals surface area contributed by atoms with Crippen molar-refractivity contribution >= 4 is 5.96 Å². The number of aliphatic imine (C=N–C) groups is 1. The zero-order valence-electron chi connectivity index (χ0n) is 8.74. The molecule has 1 aliphatic heterocycles. The zero-order chi connectivity index (χ0) is 11.1. The van der Waals surface area contributed by atoms with Crippen LogP contribution in [0.15, 0.2) is 23.3 Å². The van der Waals surface area contributed by atoms with E-state index in [1.807, 2.05) is 18.9 Å². The van der Waals surface area contributed by atoms with Crippen molar-refractivity contribution < 1.29 is 4.39 Å². The molecule has 0 aliphatic carbocycles. The quantitative estimate of drug-likeness (QED) is 0.739. The van der Waals surface area contributed by atoms with E-state index in [9.17, 15) is 4.39 Å². The van der Waals surface area contributed by atoms with Crippen molar-refractivity contribution in [3.63, 3.8) is 0 Å². The Morgan fingerprint density at radius 2 is 2.27 bits per heavy atom. The summed E-state index contributed by atoms with van der Waals surface area (Å²) in [6.45, 7) is 2.53. The minimum atomic E-state index is -0.363. The predicted octanol–water partition coefficient (Wildman–Crippen LogP) is 0.696. The molecule has 2 heterocycles. The maximum atomic E-state index is 12.7. The topological polar surface area (TPSA) is 54.5 Å². The Bertz CT molecular complexity index is 400. The number of halogens is 1. The Morgan fingerprint density at radius 3 is 2.73 bits per heavy atom. The lowest BCUT2D eigenvalue weighted by atomic mass is 9.97. The third kappa shape index (κ3) is 1.44. The number of pyridine rings is 1. The van der Waals surface area contributed by atoms with Crippen LogP contribution in [-0.4, -0.2) is 29.4 Å². The van der Waals surface area contributed by atoms with Crippen LogP contribution in [0.3, 0.4) is 0 Å². The number of hydrogen-bond donors (Lipinski definition) is 1. The van der Waals surface area contributed by atoms with Gasteiger partial charge in [-0.05, 0) is 19.1 Å². The molecule has 2 N–H and O–H groups in total. The third-order valence-electron chi connectivity index (χ3n) is 2.91. The van der Waals surface area contributed by atoms with E-state index < -0.39 is 0 Å². The van der Waals surface area contributed by atoms with Crippen molar-refractivity contribution in [2.24, 2.45) is 10.7 Å². The number of hydrogen-bond acceptors (Lipinski definition) is 4. The molecule has 1 atom stereocenters. The largest absolute Gasteiger partial charge is 0.370 e. The molecular weight excluding hydrogens is 195 g/mol. The highest BCUT2D eigenvalue weighted by Gasteiger charge is 2.38. The Balaban J connectivity index is 2.35. The Kier molecular flexibility index (Phi) is 2.10. The summed E-state index contributed by atoms with van der Waals surface area (Å²) in [6, 6.07) is 3.07. The predicted molar refractivity (Wildman–Crippen MR) is 55.8 cm³/mol. The second-order valence-corrected chi connectivity index (χ2v) is 3.87. The lowest BCUT2D eigenvalue weighted by molar-refractivity contribution is 0.259. The van der Waals surface area contributed by atoms with E-state index in [1.165, 1.54) is 12.3 Å². The number of nitrogens with two attached hydrogens (primary N) is 1. The molecule has 0 saturated heterocycles. The van der Waals surface area contributed by atoms with Gasteiger partial charge in [0.15, 0.2) is 5.96 Å². The van der Waals surface area contributed by atoms with E-state index in [1.54, 1.807) is 6.07 Å². The Hall–Kier alpha value is -1.65. The Labute approximate surface area is 87.6 Å². The first-order valence-electron chi connectivity index (χ1n) is 4.70. The highest BCUT2D eigenvalue weighted by Crippen LogP contribution is 2.29. The Morgan fingerprint density at radius 1 is 1.53 bits per heavy atom. The zero-order valence-corrected chi connectivity index (χ0v) is 8.74. The normalized spacial score (nSPS) is 25.5. The summed E-state index contributed by atoms with van der Waals surface area (Å²) in [7, 11) is 1.86. The molecular formula is C10H13FN4. The third-order valence-corrected chi connectivity index (χ3v) is 2.91. The summed E-state index contributed by atoms with van der Waals surface area (Å²) in [5.74, 6) is 0.153. The summed E-state index contributed by atoms with van der Waals surface area (Å²) < 4.78 is 12.7. The van der Waals surface area contributed by atoms with Gasteiger partial charge in [0.25, 0.3) is 0 Å². The molecule has 0 bridgehead atoms. The molecule has 1 aromatic rings. The van der Waals surface area contributed by atoms with Crippen molar-refractivity contribution in [1.82, 2.24) is 9.88 Å². The smallest absolute Gasteiger partial charge is 0.191 e. The number of likely N-dealkylation sites (N-methyl/N-ethyl adjacent to an activating group) is 1. The van der Waals surface area contributed by atoms with Gasteiger partial charge in [0.1, 0.15) is 11.4 Å². The molecule has 80 valence electrons. The molecule has 0 radical (unpaired) electrons. The average Bonchev–Trinajstić information content (AvgIpc) is 2.48. The number of nitrogens with zero attached hydrogens (tertiary/aromatic N) is 3. The summed E-state index contributed by atoms with van der Waals surface area (Å²) >= 11 is 0. The van der Waals surface area contributed by atoms with Gasteiger partial charge in [-0.1, -0.05) is 0 Å². The van der Waals surface area contributed by atoms with Gasteiger partial charge < -0.3 is 10.6 Å². The van der Waals surface area contributed by atoms with Gasteiger partial charge in [0.2, 0.25) is 0 Å². The monoisotopic (exact) mass is 208 g/mol. The van der Waals surface area contributed by atoms with E-state index in [2.05, 4.69) is 9.98 Å². The SMILES string of the molecule is CN1C(N)=NCC1(C)c1ccc(F)cn1. The van der Waals surface area contributed by atoms with Crippen LogP contribution in [0.4, 0.5) is 4.39 Å². The first-order chi connectivity index (χ1) is 7.04. The van der Waals surface area contributed by atoms with E-state index in [0.717, 1.165) is 5.69 Å². The van der Waals surface area contributed by atoms with Crippen molar-refractivity contribution in [2.45, 2.75) is 12.5 Å². The van der Waals surface area contributed by atoms with E-state index in [4.69, 9.17) is 5.73 Å². The molecule has 0 spiro atoms. The standard InChI is InChI=1S/C10H13FN4/c1-10(6-14-9(12)15(10)2)8-4-3-7(11)5-13-8/h3-5H,6H2,1-2H3,(H2,12,14). The molecule has 0 aromatic carbocycles. The maximum absolute atomic E-state index is 12.7. The molecule has 0 amide bonds. The molecule has 15 heavy (non-hydrogen) atoms. The number of aromatic nitrogens is 1. The van der Waals surface area contributed by atoms with Crippen LogP contribution in [-0.2, 0) is 5.54 Å². The molecule has 1 unspecified atom stereocenters. The molecule has 0 saturated carbocycles. The van der Waals surface area contributed by atoms with Gasteiger partial charge in [0.05, 0.1) is 18.4 Å². The van der Waals surface area contributed by atoms with Crippen molar-refractivity contribution in [1.29, 1.82) is 0 Å². The van der Waals surface area contributed by atoms with Gasteiger partial charge >= 0.3 is 0 Å². The summed E-state index contributed by atoms with van der Waals surface area (Å²) in [6.07, 6.45) is 1.21. The average molecular weight is 208 g/mol. The van der Waals surface area contributed by atoms with Crippen LogP contribution in [0.2, 0.25) is 0 Å². The van der Waals surface area contributed by atoms with Gasteiger partial charge in [-0.15, -0.1) is 0 Å². The lowest BCUT2D eigenvalue weighted by Crippen LogP contribution is -2.45. The van der Waals surface area contributed by atoms with E-state index in [0.29, 0.717) is 12.5 Å². The van der Waals surface area contributed by atoms with Gasteiger partial charge in [-0.2, -0.15) is 0 Å². The first kappa shape index (κ1) is 9.89. The highest BCUT2D eigenvalue weighted by molar-refractivity contribution is 5.80. The van der Waals surface area contributed by atoms with Gasteiger partial charge in [0, 0.05) is 7.05 Å². The van der Waals surface area contributed by atoms with E-state index >= 15 is 0 Å². The van der Waals surface area contributed by atoms with Crippen LogP contribution in [0, 0.1) is 5.82 Å². The summed E-state index contributed by atoms with van der Waals surface area (Å²) in [5.41, 5.74) is 6.11. The number of guanidine groups is 1. The minimum absolute atomic E-state index is 0.336. The highest BCUT2D eigenvalue weighted by atomic mass is 19.1. The lowest BCUT2D eigenvalue weighted by Gasteiger charge is -2.32. The number of rotatable bonds is 1. The first-order valence-corrected chi connectivity index (χ1v) is 4.70. The fourth-order valence-electron chi connectivity index (χ4n) is 1.65. The second-order valence-electron chi connectivity index (χ2n) is 3.87. The molecule has 0 fully saturated rings. The molecule has 1 aromatic heterocycles. The van der Waals surface area contributed by atoms with Crippen LogP contribution in [0.5, 0.6) is 0 Å². The van der Waals surface area contributed by atoms with E-state index in [-0.39, 0.29) is 11.4 Å². The van der Waals surface area contributed by atoms with Crippen molar-refractivity contribution in [3.05, 3.63) is 29.8 Å². The van der Waals surface area contributed by atoms with Crippen LogP contribution in [0.1, 0.15) is 12.6 Å². The van der Waals surface area contributed by atoms with Crippen LogP contribution < -0.4 is 5.73 Å². The second kappa shape index (κ2) is 3.18. The summed E-state index contributed by atoms with van der Waals surface area (Å²) in [5, 5.41) is 0. The fourth-order valence-corrected chi connectivity index (χ4v) is 1.65. The van der Waals surface area contributed by atoms with Crippen LogP contribution >= 0.6 is 0 Å². The maximum Gasteiger partial charge on any atom is 0.191 e. The van der Waals surface area contributed by atoms with Crippen molar-refractivity contribution in [2.75, 3.05) is 13.6 Å². The molecule has 2 rings (SSSR count). The fraction of sp³-hybridized carbons (Fsp3) is 0.400. The molecule has 5 heteroatoms. The molecule has 1 aliphatic rings. The summed E-state index contributed by atoms with van der Waals surface area (Å²) in [4.78, 5) is 10.1. The van der Waals surface area contributed by atoms with Crippen molar-refractivity contribution in [3.8, 4) is 0 Å². The minimum Gasteiger partial charge on any atom is -0.370 e.